The van der Waals surface area contributed by atoms with E-state index in [-0.39, 0.29) is 5.91 Å². The highest BCUT2D eigenvalue weighted by molar-refractivity contribution is 6.02. The van der Waals surface area contributed by atoms with Crippen molar-refractivity contribution in [2.45, 2.75) is 6.92 Å². The van der Waals surface area contributed by atoms with Crippen molar-refractivity contribution in [1.82, 2.24) is 10.3 Å². The molecule has 88 valence electrons. The molecular weight excluding hydrogens is 214 g/mol. The highest BCUT2D eigenvalue weighted by Crippen LogP contribution is 2.21. The molecule has 0 fully saturated rings. The summed E-state index contributed by atoms with van der Waals surface area (Å²) >= 11 is 0. The number of anilines is 1. The van der Waals surface area contributed by atoms with Gasteiger partial charge in [-0.25, -0.2) is 0 Å². The lowest BCUT2D eigenvalue weighted by Gasteiger charge is -2.08. The Morgan fingerprint density at radius 2 is 2.24 bits per heavy atom. The van der Waals surface area contributed by atoms with Crippen molar-refractivity contribution < 1.29 is 4.79 Å². The third-order valence-electron chi connectivity index (χ3n) is 2.49. The maximum Gasteiger partial charge on any atom is 0.238 e. The van der Waals surface area contributed by atoms with Crippen LogP contribution in [0.4, 0.5) is 5.69 Å². The number of carbonyl (C=O) groups excluding carboxylic acids is 1. The number of carbonyl (C=O) groups is 1. The Kier molecular flexibility index (Phi) is 3.67. The number of hydrogen-bond acceptors (Lipinski definition) is 3. The van der Waals surface area contributed by atoms with Crippen LogP contribution in [0.2, 0.25) is 0 Å². The predicted molar refractivity (Wildman–Crippen MR) is 68.9 cm³/mol. The molecule has 0 saturated carbocycles. The molecule has 0 aliphatic heterocycles. The topological polar surface area (TPSA) is 54.0 Å². The molecule has 4 nitrogen and oxygen atoms in total. The molecule has 2 N–H and O–H groups in total. The fraction of sp³-hybridized carbons (Fsp3) is 0.231. The number of fused-ring (bicyclic) bond motifs is 1. The van der Waals surface area contributed by atoms with Crippen molar-refractivity contribution in [3.63, 3.8) is 0 Å². The summed E-state index contributed by atoms with van der Waals surface area (Å²) in [5.41, 5.74) is 0.804. The number of likely N-dealkylation sites (N-methyl/N-ethyl adjacent to an activating group) is 1. The Hall–Kier alpha value is -1.94. The van der Waals surface area contributed by atoms with Gasteiger partial charge in [-0.1, -0.05) is 19.1 Å². The molecule has 2 aromatic rings. The fourth-order valence-electron chi connectivity index (χ4n) is 1.66. The summed E-state index contributed by atoms with van der Waals surface area (Å²) in [6, 6.07) is 7.73. The van der Waals surface area contributed by atoms with Gasteiger partial charge in [-0.15, -0.1) is 0 Å². The first kappa shape index (κ1) is 11.5. The minimum atomic E-state index is -0.0387. The zero-order valence-corrected chi connectivity index (χ0v) is 9.73. The molecule has 0 radical (unpaired) electrons. The van der Waals surface area contributed by atoms with E-state index in [1.807, 2.05) is 31.2 Å². The Balaban J connectivity index is 2.21. The zero-order chi connectivity index (χ0) is 12.1. The van der Waals surface area contributed by atoms with Gasteiger partial charge in [0.2, 0.25) is 5.91 Å². The summed E-state index contributed by atoms with van der Waals surface area (Å²) < 4.78 is 0. The monoisotopic (exact) mass is 229 g/mol. The number of rotatable bonds is 4. The molecular formula is C13H15N3O. The fourth-order valence-corrected chi connectivity index (χ4v) is 1.66. The van der Waals surface area contributed by atoms with E-state index in [1.54, 1.807) is 12.4 Å². The van der Waals surface area contributed by atoms with E-state index in [0.717, 1.165) is 23.0 Å². The summed E-state index contributed by atoms with van der Waals surface area (Å²) in [6.45, 7) is 3.08. The SMILES string of the molecule is CCNCC(=O)Nc1cccc2ccncc12. The second-order valence-electron chi connectivity index (χ2n) is 3.73. The average molecular weight is 229 g/mol. The van der Waals surface area contributed by atoms with Crippen LogP contribution in [-0.2, 0) is 4.79 Å². The molecule has 1 aromatic carbocycles. The van der Waals surface area contributed by atoms with Gasteiger partial charge in [0, 0.05) is 17.8 Å². The van der Waals surface area contributed by atoms with Crippen molar-refractivity contribution >= 4 is 22.4 Å². The number of pyridine rings is 1. The van der Waals surface area contributed by atoms with E-state index in [4.69, 9.17) is 0 Å². The molecule has 2 rings (SSSR count). The molecule has 0 atom stereocenters. The van der Waals surface area contributed by atoms with Gasteiger partial charge in [-0.2, -0.15) is 0 Å². The summed E-state index contributed by atoms with van der Waals surface area (Å²) in [5, 5.41) is 7.90. The molecule has 1 aromatic heterocycles. The van der Waals surface area contributed by atoms with E-state index >= 15 is 0 Å². The molecule has 0 spiro atoms. The van der Waals surface area contributed by atoms with E-state index < -0.39 is 0 Å². The largest absolute Gasteiger partial charge is 0.324 e. The Morgan fingerprint density at radius 3 is 3.06 bits per heavy atom. The minimum Gasteiger partial charge on any atom is -0.324 e. The maximum absolute atomic E-state index is 11.6. The first-order valence-electron chi connectivity index (χ1n) is 5.64. The molecule has 4 heteroatoms. The van der Waals surface area contributed by atoms with Crippen LogP contribution in [0, 0.1) is 0 Å². The van der Waals surface area contributed by atoms with E-state index in [2.05, 4.69) is 15.6 Å². The second-order valence-corrected chi connectivity index (χ2v) is 3.73. The van der Waals surface area contributed by atoms with Crippen molar-refractivity contribution in [1.29, 1.82) is 0 Å². The average Bonchev–Trinajstić information content (AvgIpc) is 2.37. The van der Waals surface area contributed by atoms with Gasteiger partial charge in [0.25, 0.3) is 0 Å². The molecule has 0 aliphatic carbocycles. The summed E-state index contributed by atoms with van der Waals surface area (Å²) in [7, 11) is 0. The molecule has 1 heterocycles. The highest BCUT2D eigenvalue weighted by atomic mass is 16.1. The lowest BCUT2D eigenvalue weighted by molar-refractivity contribution is -0.115. The van der Waals surface area contributed by atoms with Gasteiger partial charge in [0.15, 0.2) is 0 Å². The molecule has 0 unspecified atom stereocenters. The number of amides is 1. The van der Waals surface area contributed by atoms with Gasteiger partial charge in [0.05, 0.1) is 12.2 Å². The van der Waals surface area contributed by atoms with Crippen LogP contribution in [0.15, 0.2) is 36.7 Å². The Labute approximate surface area is 100 Å². The van der Waals surface area contributed by atoms with Crippen molar-refractivity contribution in [2.75, 3.05) is 18.4 Å². The van der Waals surface area contributed by atoms with Crippen molar-refractivity contribution in [3.05, 3.63) is 36.7 Å². The predicted octanol–water partition coefficient (Wildman–Crippen LogP) is 1.78. The number of nitrogens with one attached hydrogen (secondary N) is 2. The number of benzene rings is 1. The highest BCUT2D eigenvalue weighted by Gasteiger charge is 2.04. The van der Waals surface area contributed by atoms with Gasteiger partial charge < -0.3 is 10.6 Å². The molecule has 0 aliphatic rings. The van der Waals surface area contributed by atoms with Crippen LogP contribution < -0.4 is 10.6 Å². The first-order chi connectivity index (χ1) is 8.31. The first-order valence-corrected chi connectivity index (χ1v) is 5.64. The summed E-state index contributed by atoms with van der Waals surface area (Å²) in [6.07, 6.45) is 3.50. The molecule has 0 bridgehead atoms. The maximum atomic E-state index is 11.6. The number of nitrogens with zero attached hydrogens (tertiary/aromatic N) is 1. The summed E-state index contributed by atoms with van der Waals surface area (Å²) in [5.74, 6) is -0.0387. The second kappa shape index (κ2) is 5.41. The van der Waals surface area contributed by atoms with Crippen LogP contribution in [0.5, 0.6) is 0 Å². The normalized spacial score (nSPS) is 10.4. The Morgan fingerprint density at radius 1 is 1.35 bits per heavy atom. The van der Waals surface area contributed by atoms with Crippen molar-refractivity contribution in [2.24, 2.45) is 0 Å². The quantitative estimate of drug-likeness (QED) is 0.840. The van der Waals surface area contributed by atoms with Gasteiger partial charge >= 0.3 is 0 Å². The minimum absolute atomic E-state index is 0.0387. The van der Waals surface area contributed by atoms with Crippen LogP contribution in [-0.4, -0.2) is 24.0 Å². The number of hydrogen-bond donors (Lipinski definition) is 2. The lowest BCUT2D eigenvalue weighted by atomic mass is 10.1. The van der Waals surface area contributed by atoms with Gasteiger partial charge in [-0.3, -0.25) is 9.78 Å². The van der Waals surface area contributed by atoms with Crippen LogP contribution in [0.3, 0.4) is 0 Å². The Bertz CT molecular complexity index is 520. The summed E-state index contributed by atoms with van der Waals surface area (Å²) in [4.78, 5) is 15.7. The number of aromatic nitrogens is 1. The van der Waals surface area contributed by atoms with Gasteiger partial charge in [-0.05, 0) is 24.1 Å². The standard InChI is InChI=1S/C13H15N3O/c1-2-14-9-13(17)16-12-5-3-4-10-6-7-15-8-11(10)12/h3-8,14H,2,9H2,1H3,(H,16,17). The lowest BCUT2D eigenvalue weighted by Crippen LogP contribution is -2.27. The van der Waals surface area contributed by atoms with Crippen LogP contribution >= 0.6 is 0 Å². The van der Waals surface area contributed by atoms with Crippen LogP contribution in [0.25, 0.3) is 10.8 Å². The van der Waals surface area contributed by atoms with Crippen LogP contribution in [0.1, 0.15) is 6.92 Å². The molecule has 17 heavy (non-hydrogen) atoms. The third-order valence-corrected chi connectivity index (χ3v) is 2.49. The van der Waals surface area contributed by atoms with Gasteiger partial charge in [0.1, 0.15) is 0 Å². The van der Waals surface area contributed by atoms with E-state index in [9.17, 15) is 4.79 Å². The van der Waals surface area contributed by atoms with Crippen molar-refractivity contribution in [3.8, 4) is 0 Å². The molecule has 1 amide bonds. The van der Waals surface area contributed by atoms with E-state index in [0.29, 0.717) is 6.54 Å². The van der Waals surface area contributed by atoms with E-state index in [1.165, 1.54) is 0 Å². The zero-order valence-electron chi connectivity index (χ0n) is 9.73. The smallest absolute Gasteiger partial charge is 0.238 e. The third kappa shape index (κ3) is 2.79. The molecule has 0 saturated heterocycles.